The molecule has 0 radical (unpaired) electrons. The minimum absolute atomic E-state index is 0.0928. The average molecular weight is 417 g/mol. The number of carbonyl (C=O) groups excluding carboxylic acids is 1. The number of nitrogens with zero attached hydrogens (tertiary/aromatic N) is 2. The third-order valence-electron chi connectivity index (χ3n) is 3.53. The topological polar surface area (TPSA) is 70.7 Å². The Labute approximate surface area is 158 Å². The predicted molar refractivity (Wildman–Crippen MR) is 105 cm³/mol. The van der Waals surface area contributed by atoms with Crippen LogP contribution in [0.5, 0.6) is 0 Å². The second-order valence-electron chi connectivity index (χ2n) is 5.59. The molecule has 3 rings (SSSR count). The molecule has 1 amide bonds. The summed E-state index contributed by atoms with van der Waals surface area (Å²) in [5, 5.41) is 10.2. The molecule has 0 saturated heterocycles. The van der Waals surface area contributed by atoms with Gasteiger partial charge in [-0.15, -0.1) is 5.10 Å². The van der Waals surface area contributed by atoms with Crippen LogP contribution >= 0.6 is 27.7 Å². The van der Waals surface area contributed by atoms with E-state index in [1.54, 1.807) is 0 Å². The summed E-state index contributed by atoms with van der Waals surface area (Å²) in [5.41, 5.74) is 2.91. The zero-order valence-electron chi connectivity index (χ0n) is 13.8. The molecule has 0 spiro atoms. The van der Waals surface area contributed by atoms with Gasteiger partial charge in [-0.3, -0.25) is 9.89 Å². The highest BCUT2D eigenvalue weighted by Gasteiger charge is 2.17. The van der Waals surface area contributed by atoms with E-state index in [9.17, 15) is 4.79 Å². The van der Waals surface area contributed by atoms with Crippen LogP contribution in [0.2, 0.25) is 0 Å². The molecule has 0 saturated carbocycles. The van der Waals surface area contributed by atoms with Crippen molar-refractivity contribution in [1.29, 1.82) is 0 Å². The summed E-state index contributed by atoms with van der Waals surface area (Å²) < 4.78 is 0.919. The van der Waals surface area contributed by atoms with Gasteiger partial charge >= 0.3 is 0 Å². The molecule has 0 fully saturated rings. The fourth-order valence-electron chi connectivity index (χ4n) is 2.16. The van der Waals surface area contributed by atoms with Crippen LogP contribution < -0.4 is 5.32 Å². The molecule has 1 atom stereocenters. The van der Waals surface area contributed by atoms with Gasteiger partial charge in [0.25, 0.3) is 0 Å². The number of nitrogens with one attached hydrogen (secondary N) is 2. The molecule has 1 unspecified atom stereocenters. The van der Waals surface area contributed by atoms with Crippen molar-refractivity contribution in [2.45, 2.75) is 24.3 Å². The van der Waals surface area contributed by atoms with Crippen molar-refractivity contribution in [1.82, 2.24) is 15.2 Å². The number of amides is 1. The van der Waals surface area contributed by atoms with Crippen LogP contribution in [0.1, 0.15) is 12.5 Å². The number of hydrogen-bond acceptors (Lipinski definition) is 4. The highest BCUT2D eigenvalue weighted by molar-refractivity contribution is 9.10. The van der Waals surface area contributed by atoms with E-state index >= 15 is 0 Å². The van der Waals surface area contributed by atoms with Crippen LogP contribution in [0, 0.1) is 6.92 Å². The Morgan fingerprint density at radius 2 is 2.00 bits per heavy atom. The largest absolute Gasteiger partial charge is 0.325 e. The first kappa shape index (κ1) is 17.7. The average Bonchev–Trinajstić information content (AvgIpc) is 3.04. The summed E-state index contributed by atoms with van der Waals surface area (Å²) in [6.45, 7) is 3.87. The highest BCUT2D eigenvalue weighted by Crippen LogP contribution is 2.24. The van der Waals surface area contributed by atoms with Crippen LogP contribution in [0.15, 0.2) is 58.2 Å². The fourth-order valence-corrected chi connectivity index (χ4v) is 3.29. The number of hydrogen-bond donors (Lipinski definition) is 2. The first-order valence-electron chi connectivity index (χ1n) is 7.74. The summed E-state index contributed by atoms with van der Waals surface area (Å²) in [5.74, 6) is 0.604. The van der Waals surface area contributed by atoms with Gasteiger partial charge in [-0.2, -0.15) is 0 Å². The van der Waals surface area contributed by atoms with Crippen LogP contribution in [-0.4, -0.2) is 26.3 Å². The van der Waals surface area contributed by atoms with Crippen LogP contribution in [0.3, 0.4) is 0 Å². The SMILES string of the molecule is Cc1ccc(-c2nc(SC(C)C(=O)Nc3cccc(Br)c3)n[nH]2)cc1. The Morgan fingerprint density at radius 3 is 2.72 bits per heavy atom. The zero-order chi connectivity index (χ0) is 17.8. The molecule has 3 aromatic rings. The number of carbonyl (C=O) groups is 1. The smallest absolute Gasteiger partial charge is 0.237 e. The maximum Gasteiger partial charge on any atom is 0.237 e. The van der Waals surface area contributed by atoms with Crippen LogP contribution in [0.4, 0.5) is 5.69 Å². The van der Waals surface area contributed by atoms with Crippen LogP contribution in [0.25, 0.3) is 11.4 Å². The van der Waals surface area contributed by atoms with Crippen molar-refractivity contribution in [3.63, 3.8) is 0 Å². The standard InChI is InChI=1S/C18H17BrN4OS/c1-11-6-8-13(9-7-11)16-21-18(23-22-16)25-12(2)17(24)20-15-5-3-4-14(19)10-15/h3-10,12H,1-2H3,(H,20,24)(H,21,22,23). The normalized spacial score (nSPS) is 12.0. The quantitative estimate of drug-likeness (QED) is 0.593. The molecule has 0 aliphatic carbocycles. The number of halogens is 1. The minimum Gasteiger partial charge on any atom is -0.325 e. The minimum atomic E-state index is -0.319. The first-order chi connectivity index (χ1) is 12.0. The number of thioether (sulfide) groups is 1. The second kappa shape index (κ2) is 7.84. The number of anilines is 1. The van der Waals surface area contributed by atoms with Crippen molar-refractivity contribution in [2.24, 2.45) is 0 Å². The van der Waals surface area contributed by atoms with Gasteiger partial charge in [-0.05, 0) is 32.0 Å². The summed E-state index contributed by atoms with van der Waals surface area (Å²) in [6.07, 6.45) is 0. The van der Waals surface area contributed by atoms with E-state index in [2.05, 4.69) is 36.4 Å². The molecular formula is C18H17BrN4OS. The molecule has 0 aliphatic rings. The highest BCUT2D eigenvalue weighted by atomic mass is 79.9. The summed E-state index contributed by atoms with van der Waals surface area (Å²) in [6, 6.07) is 15.5. The summed E-state index contributed by atoms with van der Waals surface area (Å²) in [4.78, 5) is 16.8. The van der Waals surface area contributed by atoms with Gasteiger partial charge in [0.1, 0.15) is 0 Å². The van der Waals surface area contributed by atoms with Crippen molar-refractivity contribution in [3.05, 3.63) is 58.6 Å². The maximum atomic E-state index is 12.3. The Hall–Kier alpha value is -2.12. The molecule has 7 heteroatoms. The van der Waals surface area contributed by atoms with E-state index in [0.29, 0.717) is 11.0 Å². The van der Waals surface area contributed by atoms with Crippen LogP contribution in [-0.2, 0) is 4.79 Å². The number of H-pyrrole nitrogens is 1. The molecule has 5 nitrogen and oxygen atoms in total. The number of aromatic nitrogens is 3. The summed E-state index contributed by atoms with van der Waals surface area (Å²) in [7, 11) is 0. The van der Waals surface area contributed by atoms with E-state index in [1.807, 2.05) is 62.4 Å². The molecule has 2 N–H and O–H groups in total. The van der Waals surface area contributed by atoms with Gasteiger partial charge in [0, 0.05) is 15.7 Å². The molecular weight excluding hydrogens is 400 g/mol. The lowest BCUT2D eigenvalue weighted by atomic mass is 10.1. The zero-order valence-corrected chi connectivity index (χ0v) is 16.2. The molecule has 1 heterocycles. The van der Waals surface area contributed by atoms with Gasteiger partial charge < -0.3 is 5.32 Å². The fraction of sp³-hybridized carbons (Fsp3) is 0.167. The van der Waals surface area contributed by atoms with E-state index in [-0.39, 0.29) is 11.2 Å². The lowest BCUT2D eigenvalue weighted by Crippen LogP contribution is -2.22. The van der Waals surface area contributed by atoms with Crippen molar-refractivity contribution >= 4 is 39.3 Å². The van der Waals surface area contributed by atoms with Crippen molar-refractivity contribution in [3.8, 4) is 11.4 Å². The number of benzene rings is 2. The number of rotatable bonds is 5. The second-order valence-corrected chi connectivity index (χ2v) is 7.82. The third kappa shape index (κ3) is 4.70. The van der Waals surface area contributed by atoms with Gasteiger partial charge in [0.15, 0.2) is 5.82 Å². The Morgan fingerprint density at radius 1 is 1.24 bits per heavy atom. The number of aryl methyl sites for hydroxylation is 1. The van der Waals surface area contributed by atoms with E-state index in [4.69, 9.17) is 0 Å². The first-order valence-corrected chi connectivity index (χ1v) is 9.41. The van der Waals surface area contributed by atoms with Crippen molar-refractivity contribution < 1.29 is 4.79 Å². The van der Waals surface area contributed by atoms with Gasteiger partial charge in [-0.25, -0.2) is 4.98 Å². The lowest BCUT2D eigenvalue weighted by Gasteiger charge is -2.10. The van der Waals surface area contributed by atoms with Crippen molar-refractivity contribution in [2.75, 3.05) is 5.32 Å². The van der Waals surface area contributed by atoms with E-state index in [0.717, 1.165) is 15.7 Å². The molecule has 2 aromatic carbocycles. The van der Waals surface area contributed by atoms with Gasteiger partial charge in [-0.1, -0.05) is 63.6 Å². The molecule has 1 aromatic heterocycles. The predicted octanol–water partition coefficient (Wildman–Crippen LogP) is 4.66. The summed E-state index contributed by atoms with van der Waals surface area (Å²) >= 11 is 4.71. The lowest BCUT2D eigenvalue weighted by molar-refractivity contribution is -0.115. The van der Waals surface area contributed by atoms with E-state index in [1.165, 1.54) is 17.3 Å². The molecule has 128 valence electrons. The Balaban J connectivity index is 1.63. The Kier molecular flexibility index (Phi) is 5.55. The monoisotopic (exact) mass is 416 g/mol. The maximum absolute atomic E-state index is 12.3. The Bertz CT molecular complexity index is 879. The van der Waals surface area contributed by atoms with Gasteiger partial charge in [0.05, 0.1) is 5.25 Å². The molecule has 25 heavy (non-hydrogen) atoms. The third-order valence-corrected chi connectivity index (χ3v) is 4.99. The van der Waals surface area contributed by atoms with E-state index < -0.39 is 0 Å². The molecule has 0 aliphatic heterocycles. The number of aromatic amines is 1. The van der Waals surface area contributed by atoms with Gasteiger partial charge in [0.2, 0.25) is 11.1 Å². The molecule has 0 bridgehead atoms.